The summed E-state index contributed by atoms with van der Waals surface area (Å²) in [6.07, 6.45) is 0. The predicted molar refractivity (Wildman–Crippen MR) is 117 cm³/mol. The standard InChI is InChI=1S/C25H24N2O3/c1-17(2)18-9-11-23(12-10-18)29-16-25(28)26-15-22-14-24(30-27-22)21-8-7-19-5-3-4-6-20(19)13-21/h3-14,17H,15-16H2,1-2H3,(H,26,28). The minimum Gasteiger partial charge on any atom is -0.484 e. The fraction of sp³-hybridized carbons (Fsp3) is 0.200. The topological polar surface area (TPSA) is 64.4 Å². The van der Waals surface area contributed by atoms with E-state index in [0.29, 0.717) is 23.1 Å². The molecule has 0 unspecified atom stereocenters. The van der Waals surface area contributed by atoms with E-state index in [1.54, 1.807) is 0 Å². The van der Waals surface area contributed by atoms with Crippen molar-refractivity contribution in [2.24, 2.45) is 0 Å². The van der Waals surface area contributed by atoms with Gasteiger partial charge in [-0.1, -0.05) is 67.5 Å². The lowest BCUT2D eigenvalue weighted by Crippen LogP contribution is -2.28. The summed E-state index contributed by atoms with van der Waals surface area (Å²) in [5, 5.41) is 9.18. The molecule has 1 heterocycles. The second-order valence-electron chi connectivity index (χ2n) is 7.53. The number of hydrogen-bond donors (Lipinski definition) is 1. The highest BCUT2D eigenvalue weighted by atomic mass is 16.5. The number of benzene rings is 3. The van der Waals surface area contributed by atoms with Crippen molar-refractivity contribution in [1.29, 1.82) is 0 Å². The van der Waals surface area contributed by atoms with E-state index in [9.17, 15) is 4.79 Å². The lowest BCUT2D eigenvalue weighted by molar-refractivity contribution is -0.123. The minimum absolute atomic E-state index is 0.0452. The number of aromatic nitrogens is 1. The molecule has 4 rings (SSSR count). The van der Waals surface area contributed by atoms with Gasteiger partial charge in [-0.25, -0.2) is 0 Å². The molecule has 0 aliphatic carbocycles. The molecule has 0 atom stereocenters. The van der Waals surface area contributed by atoms with Gasteiger partial charge in [-0.05, 0) is 40.5 Å². The van der Waals surface area contributed by atoms with Crippen LogP contribution in [-0.4, -0.2) is 17.7 Å². The van der Waals surface area contributed by atoms with Gasteiger partial charge in [0, 0.05) is 11.6 Å². The molecule has 152 valence electrons. The quantitative estimate of drug-likeness (QED) is 0.456. The van der Waals surface area contributed by atoms with Gasteiger partial charge in [-0.15, -0.1) is 0 Å². The van der Waals surface area contributed by atoms with Crippen molar-refractivity contribution >= 4 is 16.7 Å². The van der Waals surface area contributed by atoms with E-state index in [0.717, 1.165) is 10.9 Å². The van der Waals surface area contributed by atoms with E-state index >= 15 is 0 Å². The van der Waals surface area contributed by atoms with Crippen LogP contribution < -0.4 is 10.1 Å². The maximum atomic E-state index is 12.1. The third-order valence-electron chi connectivity index (χ3n) is 4.98. The molecule has 0 spiro atoms. The number of ether oxygens (including phenoxy) is 1. The molecule has 4 aromatic rings. The Morgan fingerprint density at radius 3 is 2.53 bits per heavy atom. The number of carbonyl (C=O) groups excluding carboxylic acids is 1. The Kier molecular flexibility index (Phi) is 5.80. The van der Waals surface area contributed by atoms with Crippen LogP contribution in [0.2, 0.25) is 0 Å². The molecule has 0 radical (unpaired) electrons. The number of nitrogens with zero attached hydrogens (tertiary/aromatic N) is 1. The first-order chi connectivity index (χ1) is 14.6. The van der Waals surface area contributed by atoms with Crippen molar-refractivity contribution < 1.29 is 14.1 Å². The van der Waals surface area contributed by atoms with E-state index in [-0.39, 0.29) is 19.1 Å². The Bertz CT molecular complexity index is 1150. The maximum absolute atomic E-state index is 12.1. The van der Waals surface area contributed by atoms with Crippen LogP contribution in [0.1, 0.15) is 31.0 Å². The van der Waals surface area contributed by atoms with Crippen molar-refractivity contribution in [3.05, 3.63) is 84.1 Å². The third kappa shape index (κ3) is 4.69. The first kappa shape index (κ1) is 19.7. The molecule has 0 fully saturated rings. The van der Waals surface area contributed by atoms with Crippen LogP contribution in [0.3, 0.4) is 0 Å². The summed E-state index contributed by atoms with van der Waals surface area (Å²) >= 11 is 0. The number of nitrogens with one attached hydrogen (secondary N) is 1. The SMILES string of the molecule is CC(C)c1ccc(OCC(=O)NCc2cc(-c3ccc4ccccc4c3)on2)cc1. The van der Waals surface area contributed by atoms with Crippen LogP contribution in [0.5, 0.6) is 5.75 Å². The van der Waals surface area contributed by atoms with Gasteiger partial charge in [-0.2, -0.15) is 0 Å². The molecule has 1 N–H and O–H groups in total. The average Bonchev–Trinajstić information content (AvgIpc) is 3.25. The Balaban J connectivity index is 1.30. The summed E-state index contributed by atoms with van der Waals surface area (Å²) in [7, 11) is 0. The summed E-state index contributed by atoms with van der Waals surface area (Å²) in [4.78, 5) is 12.1. The zero-order valence-corrected chi connectivity index (χ0v) is 17.1. The molecular weight excluding hydrogens is 376 g/mol. The van der Waals surface area contributed by atoms with Gasteiger partial charge in [0.15, 0.2) is 12.4 Å². The summed E-state index contributed by atoms with van der Waals surface area (Å²) in [6.45, 7) is 4.51. The largest absolute Gasteiger partial charge is 0.484 e. The average molecular weight is 400 g/mol. The lowest BCUT2D eigenvalue weighted by atomic mass is 10.0. The fourth-order valence-electron chi connectivity index (χ4n) is 3.21. The van der Waals surface area contributed by atoms with Gasteiger partial charge in [0.25, 0.3) is 5.91 Å². The van der Waals surface area contributed by atoms with Crippen molar-refractivity contribution in [1.82, 2.24) is 10.5 Å². The van der Waals surface area contributed by atoms with E-state index in [4.69, 9.17) is 9.26 Å². The van der Waals surface area contributed by atoms with Gasteiger partial charge < -0.3 is 14.6 Å². The smallest absolute Gasteiger partial charge is 0.258 e. The normalized spacial score (nSPS) is 11.0. The summed E-state index contributed by atoms with van der Waals surface area (Å²) < 4.78 is 11.0. The van der Waals surface area contributed by atoms with Crippen LogP contribution in [0, 0.1) is 0 Å². The molecule has 5 heteroatoms. The maximum Gasteiger partial charge on any atom is 0.258 e. The first-order valence-electron chi connectivity index (χ1n) is 10.0. The van der Waals surface area contributed by atoms with Crippen molar-refractivity contribution in [3.8, 4) is 17.1 Å². The van der Waals surface area contributed by atoms with Gasteiger partial charge in [0.2, 0.25) is 0 Å². The number of amides is 1. The monoisotopic (exact) mass is 400 g/mol. The van der Waals surface area contributed by atoms with Crippen LogP contribution in [0.4, 0.5) is 0 Å². The van der Waals surface area contributed by atoms with E-state index in [1.807, 2.05) is 48.5 Å². The molecule has 0 aliphatic heterocycles. The molecular formula is C25H24N2O3. The van der Waals surface area contributed by atoms with Gasteiger partial charge in [-0.3, -0.25) is 4.79 Å². The van der Waals surface area contributed by atoms with E-state index in [1.165, 1.54) is 10.9 Å². The number of carbonyl (C=O) groups is 1. The first-order valence-corrected chi connectivity index (χ1v) is 10.0. The zero-order valence-electron chi connectivity index (χ0n) is 17.1. The van der Waals surface area contributed by atoms with Gasteiger partial charge in [0.1, 0.15) is 11.4 Å². The van der Waals surface area contributed by atoms with Crippen molar-refractivity contribution in [2.45, 2.75) is 26.3 Å². The second kappa shape index (κ2) is 8.82. The third-order valence-corrected chi connectivity index (χ3v) is 4.98. The highest BCUT2D eigenvalue weighted by Crippen LogP contribution is 2.25. The summed E-state index contributed by atoms with van der Waals surface area (Å²) in [6, 6.07) is 23.9. The Morgan fingerprint density at radius 1 is 1.00 bits per heavy atom. The van der Waals surface area contributed by atoms with Gasteiger partial charge >= 0.3 is 0 Å². The van der Waals surface area contributed by atoms with E-state index < -0.39 is 0 Å². The summed E-state index contributed by atoms with van der Waals surface area (Å²) in [5.74, 6) is 1.60. The lowest BCUT2D eigenvalue weighted by Gasteiger charge is -2.09. The van der Waals surface area contributed by atoms with Crippen LogP contribution >= 0.6 is 0 Å². The number of hydrogen-bond acceptors (Lipinski definition) is 4. The fourth-order valence-corrected chi connectivity index (χ4v) is 3.21. The highest BCUT2D eigenvalue weighted by molar-refractivity contribution is 5.86. The molecule has 3 aromatic carbocycles. The van der Waals surface area contributed by atoms with Crippen LogP contribution in [-0.2, 0) is 11.3 Å². The molecule has 0 saturated heterocycles. The zero-order chi connectivity index (χ0) is 20.9. The van der Waals surface area contributed by atoms with Gasteiger partial charge in [0.05, 0.1) is 6.54 Å². The van der Waals surface area contributed by atoms with Crippen LogP contribution in [0.15, 0.2) is 77.3 Å². The van der Waals surface area contributed by atoms with E-state index in [2.05, 4.69) is 48.6 Å². The molecule has 1 amide bonds. The predicted octanol–water partition coefficient (Wildman–Crippen LogP) is 5.31. The van der Waals surface area contributed by atoms with Crippen molar-refractivity contribution in [3.63, 3.8) is 0 Å². The molecule has 30 heavy (non-hydrogen) atoms. The molecule has 0 aliphatic rings. The highest BCUT2D eigenvalue weighted by Gasteiger charge is 2.10. The molecule has 0 saturated carbocycles. The Hall–Kier alpha value is -3.60. The molecule has 1 aromatic heterocycles. The molecule has 5 nitrogen and oxygen atoms in total. The number of fused-ring (bicyclic) bond motifs is 1. The van der Waals surface area contributed by atoms with Crippen LogP contribution in [0.25, 0.3) is 22.1 Å². The molecule has 0 bridgehead atoms. The Labute approximate surface area is 175 Å². The Morgan fingerprint density at radius 2 is 1.77 bits per heavy atom. The minimum atomic E-state index is -0.210. The second-order valence-corrected chi connectivity index (χ2v) is 7.53. The summed E-state index contributed by atoms with van der Waals surface area (Å²) in [5.41, 5.74) is 2.85. The van der Waals surface area contributed by atoms with Crippen molar-refractivity contribution in [2.75, 3.05) is 6.61 Å². The number of rotatable bonds is 7.